The molecule has 1 aromatic heterocycles. The van der Waals surface area contributed by atoms with Crippen molar-refractivity contribution in [3.05, 3.63) is 22.9 Å². The van der Waals surface area contributed by atoms with Gasteiger partial charge in [0.05, 0.1) is 11.0 Å². The zero-order valence-electron chi connectivity index (χ0n) is 8.95. The smallest absolute Gasteiger partial charge is 0.178 e. The number of hydrogen-bond donors (Lipinski definition) is 1. The van der Waals surface area contributed by atoms with Gasteiger partial charge in [0.15, 0.2) is 4.73 Å². The molecule has 0 aliphatic carbocycles. The van der Waals surface area contributed by atoms with Crippen LogP contribution in [0.15, 0.2) is 22.9 Å². The largest absolute Gasteiger partial charge is 0.508 e. The van der Waals surface area contributed by atoms with E-state index in [1.807, 2.05) is 6.07 Å². The molecule has 15 heavy (non-hydrogen) atoms. The summed E-state index contributed by atoms with van der Waals surface area (Å²) in [6, 6.07) is 5.23. The summed E-state index contributed by atoms with van der Waals surface area (Å²) in [4.78, 5) is 4.36. The van der Waals surface area contributed by atoms with Crippen LogP contribution in [0.25, 0.3) is 11.0 Å². The fourth-order valence-corrected chi connectivity index (χ4v) is 2.59. The first-order valence-electron chi connectivity index (χ1n) is 4.77. The van der Waals surface area contributed by atoms with E-state index in [2.05, 4.69) is 46.3 Å². The molecule has 2 rings (SSSR count). The summed E-state index contributed by atoms with van der Waals surface area (Å²) in [5.41, 5.74) is 1.79. The van der Waals surface area contributed by atoms with Gasteiger partial charge in [0.25, 0.3) is 0 Å². The van der Waals surface area contributed by atoms with Crippen molar-refractivity contribution in [3.8, 4) is 5.75 Å². The Bertz CT molecular complexity index is 511. The highest BCUT2D eigenvalue weighted by Crippen LogP contribution is 2.29. The molecule has 0 bridgehead atoms. The van der Waals surface area contributed by atoms with Crippen LogP contribution in [0.2, 0.25) is 0 Å². The maximum atomic E-state index is 9.37. The molecule has 0 spiro atoms. The zero-order chi connectivity index (χ0) is 11.2. The van der Waals surface area contributed by atoms with E-state index in [0.717, 1.165) is 15.8 Å². The molecular weight excluding hydrogens is 256 g/mol. The van der Waals surface area contributed by atoms with Gasteiger partial charge in [-0.1, -0.05) is 0 Å². The average molecular weight is 269 g/mol. The van der Waals surface area contributed by atoms with Crippen molar-refractivity contribution in [3.63, 3.8) is 0 Å². The minimum absolute atomic E-state index is 0.0371. The zero-order valence-corrected chi connectivity index (χ0v) is 10.5. The minimum Gasteiger partial charge on any atom is -0.508 e. The van der Waals surface area contributed by atoms with Crippen LogP contribution in [0.5, 0.6) is 5.75 Å². The molecule has 0 radical (unpaired) electrons. The molecule has 80 valence electrons. The number of aromatic nitrogens is 2. The number of aromatic hydroxyl groups is 1. The molecule has 4 heteroatoms. The van der Waals surface area contributed by atoms with Gasteiger partial charge in [0, 0.05) is 11.6 Å². The predicted molar refractivity (Wildman–Crippen MR) is 64.1 cm³/mol. The van der Waals surface area contributed by atoms with Gasteiger partial charge >= 0.3 is 0 Å². The van der Waals surface area contributed by atoms with E-state index in [1.54, 1.807) is 12.1 Å². The van der Waals surface area contributed by atoms with Crippen LogP contribution in [0.3, 0.4) is 0 Å². The lowest BCUT2D eigenvalue weighted by Gasteiger charge is -2.22. The Balaban J connectivity index is 2.80. The van der Waals surface area contributed by atoms with Gasteiger partial charge in [-0.3, -0.25) is 0 Å². The highest BCUT2D eigenvalue weighted by atomic mass is 79.9. The average Bonchev–Trinajstić information content (AvgIpc) is 2.38. The van der Waals surface area contributed by atoms with Gasteiger partial charge in [0.1, 0.15) is 5.75 Å². The van der Waals surface area contributed by atoms with E-state index in [0.29, 0.717) is 0 Å². The summed E-state index contributed by atoms with van der Waals surface area (Å²) >= 11 is 3.44. The summed E-state index contributed by atoms with van der Waals surface area (Å²) < 4.78 is 2.89. The summed E-state index contributed by atoms with van der Waals surface area (Å²) in [7, 11) is 0. The van der Waals surface area contributed by atoms with Crippen LogP contribution in [0.1, 0.15) is 20.8 Å². The Morgan fingerprint density at radius 1 is 1.33 bits per heavy atom. The number of rotatable bonds is 0. The number of hydrogen-bond acceptors (Lipinski definition) is 2. The second kappa shape index (κ2) is 3.23. The fraction of sp³-hybridized carbons (Fsp3) is 0.364. The van der Waals surface area contributed by atoms with Crippen molar-refractivity contribution in [2.45, 2.75) is 26.3 Å². The molecule has 0 atom stereocenters. The molecule has 1 N–H and O–H groups in total. The second-order valence-corrected chi connectivity index (χ2v) is 5.27. The van der Waals surface area contributed by atoms with Gasteiger partial charge in [-0.15, -0.1) is 0 Å². The lowest BCUT2D eigenvalue weighted by atomic mass is 10.1. The molecule has 0 fully saturated rings. The molecule has 1 aromatic carbocycles. The number of nitrogens with zero attached hydrogens (tertiary/aromatic N) is 2. The number of phenolic OH excluding ortho intramolecular Hbond substituents is 1. The summed E-state index contributed by atoms with van der Waals surface area (Å²) in [6.07, 6.45) is 0. The summed E-state index contributed by atoms with van der Waals surface area (Å²) in [5.74, 6) is 0.244. The van der Waals surface area contributed by atoms with Crippen LogP contribution in [-0.2, 0) is 5.54 Å². The van der Waals surface area contributed by atoms with Crippen LogP contribution < -0.4 is 0 Å². The lowest BCUT2D eigenvalue weighted by Crippen LogP contribution is -2.21. The molecule has 0 amide bonds. The third-order valence-corrected chi connectivity index (χ3v) is 2.80. The van der Waals surface area contributed by atoms with Crippen molar-refractivity contribution in [2.75, 3.05) is 0 Å². The van der Waals surface area contributed by atoms with Crippen molar-refractivity contribution in [2.24, 2.45) is 0 Å². The lowest BCUT2D eigenvalue weighted by molar-refractivity contribution is 0.400. The van der Waals surface area contributed by atoms with Crippen LogP contribution in [0, 0.1) is 0 Å². The third kappa shape index (κ3) is 1.74. The monoisotopic (exact) mass is 268 g/mol. The third-order valence-electron chi connectivity index (χ3n) is 2.27. The highest BCUT2D eigenvalue weighted by molar-refractivity contribution is 9.10. The minimum atomic E-state index is -0.0371. The fourth-order valence-electron chi connectivity index (χ4n) is 1.68. The van der Waals surface area contributed by atoms with Crippen molar-refractivity contribution in [1.82, 2.24) is 9.55 Å². The van der Waals surface area contributed by atoms with Crippen LogP contribution >= 0.6 is 15.9 Å². The molecule has 2 aromatic rings. The summed E-state index contributed by atoms with van der Waals surface area (Å²) in [5, 5.41) is 9.37. The van der Waals surface area contributed by atoms with Crippen molar-refractivity contribution < 1.29 is 5.11 Å². The Kier molecular flexibility index (Phi) is 2.26. The maximum Gasteiger partial charge on any atom is 0.178 e. The van der Waals surface area contributed by atoms with Crippen molar-refractivity contribution in [1.29, 1.82) is 0 Å². The summed E-state index contributed by atoms with van der Waals surface area (Å²) in [6.45, 7) is 6.35. The van der Waals surface area contributed by atoms with Crippen LogP contribution in [-0.4, -0.2) is 14.7 Å². The number of imidazole rings is 1. The molecule has 0 aliphatic rings. The first-order valence-corrected chi connectivity index (χ1v) is 5.56. The van der Waals surface area contributed by atoms with E-state index >= 15 is 0 Å². The van der Waals surface area contributed by atoms with E-state index in [-0.39, 0.29) is 11.3 Å². The predicted octanol–water partition coefficient (Wildman–Crippen LogP) is 3.26. The quantitative estimate of drug-likeness (QED) is 0.797. The van der Waals surface area contributed by atoms with Gasteiger partial charge in [-0.25, -0.2) is 4.98 Å². The van der Waals surface area contributed by atoms with Gasteiger partial charge < -0.3 is 9.67 Å². The first kappa shape index (κ1) is 10.5. The van der Waals surface area contributed by atoms with E-state index in [9.17, 15) is 5.11 Å². The van der Waals surface area contributed by atoms with Gasteiger partial charge in [0.2, 0.25) is 0 Å². The molecule has 0 saturated carbocycles. The molecule has 0 aliphatic heterocycles. The maximum absolute atomic E-state index is 9.37. The normalized spacial score (nSPS) is 12.3. The molecule has 0 saturated heterocycles. The first-order chi connectivity index (χ1) is 6.89. The Labute approximate surface area is 96.9 Å². The van der Waals surface area contributed by atoms with Crippen LogP contribution in [0.4, 0.5) is 0 Å². The Morgan fingerprint density at radius 3 is 2.60 bits per heavy atom. The Hall–Kier alpha value is -1.03. The topological polar surface area (TPSA) is 38.0 Å². The van der Waals surface area contributed by atoms with E-state index in [1.165, 1.54) is 0 Å². The SMILES string of the molecule is CC(C)(C)n1c(Br)nc2cc(O)ccc21. The van der Waals surface area contributed by atoms with E-state index in [4.69, 9.17) is 0 Å². The van der Waals surface area contributed by atoms with Crippen molar-refractivity contribution >= 4 is 27.0 Å². The number of halogens is 1. The molecule has 0 unspecified atom stereocenters. The highest BCUT2D eigenvalue weighted by Gasteiger charge is 2.19. The van der Waals surface area contributed by atoms with Gasteiger partial charge in [-0.2, -0.15) is 0 Å². The number of phenols is 1. The molecule has 3 nitrogen and oxygen atoms in total. The second-order valence-electron chi connectivity index (χ2n) is 4.56. The van der Waals surface area contributed by atoms with Gasteiger partial charge in [-0.05, 0) is 48.8 Å². The standard InChI is InChI=1S/C11H13BrN2O/c1-11(2,3)14-9-5-4-7(15)6-8(9)13-10(14)12/h4-6,15H,1-3H3. The number of fused-ring (bicyclic) bond motifs is 1. The molecular formula is C11H13BrN2O. The molecule has 1 heterocycles. The Morgan fingerprint density at radius 2 is 2.00 bits per heavy atom. The number of benzene rings is 1. The van der Waals surface area contributed by atoms with E-state index < -0.39 is 0 Å².